The summed E-state index contributed by atoms with van der Waals surface area (Å²) in [4.78, 5) is 27.1. The Labute approximate surface area is 239 Å². The van der Waals surface area contributed by atoms with Gasteiger partial charge in [0.05, 0.1) is 36.1 Å². The minimum atomic E-state index is -3.26. The summed E-state index contributed by atoms with van der Waals surface area (Å²) in [7, 11) is -1.96. The summed E-state index contributed by atoms with van der Waals surface area (Å²) in [5.41, 5.74) is 8.54. The molecule has 12 heteroatoms. The normalized spacial score (nSPS) is 16.9. The number of methoxy groups -OCH3 is 1. The minimum Gasteiger partial charge on any atom is -0.474 e. The number of hydrogen-bond acceptors (Lipinski definition) is 9. The number of likely N-dealkylation sites (tertiary alicyclic amines) is 1. The van der Waals surface area contributed by atoms with E-state index in [1.807, 2.05) is 12.1 Å². The lowest BCUT2D eigenvalue weighted by molar-refractivity contribution is -0.144. The highest BCUT2D eigenvalue weighted by molar-refractivity contribution is 7.90. The Morgan fingerprint density at radius 2 is 1.78 bits per heavy atom. The van der Waals surface area contributed by atoms with Crippen LogP contribution >= 0.6 is 0 Å². The Bertz CT molecular complexity index is 1490. The zero-order valence-electron chi connectivity index (χ0n) is 22.9. The number of amidine groups is 1. The van der Waals surface area contributed by atoms with Crippen LogP contribution in [0.3, 0.4) is 0 Å². The summed E-state index contributed by atoms with van der Waals surface area (Å²) in [6.45, 7) is 0.646. The van der Waals surface area contributed by atoms with E-state index in [-0.39, 0.29) is 35.7 Å². The summed E-state index contributed by atoms with van der Waals surface area (Å²) in [6, 6.07) is 17.1. The van der Waals surface area contributed by atoms with Gasteiger partial charge in [0.15, 0.2) is 9.84 Å². The first-order valence-corrected chi connectivity index (χ1v) is 15.0. The smallest absolute Gasteiger partial charge is 0.306 e. The number of rotatable bonds is 12. The molecule has 0 aliphatic carbocycles. The van der Waals surface area contributed by atoms with E-state index >= 15 is 0 Å². The van der Waals surface area contributed by atoms with Gasteiger partial charge in [0, 0.05) is 30.0 Å². The summed E-state index contributed by atoms with van der Waals surface area (Å²) in [5.74, 6) is -0.746. The maximum atomic E-state index is 13.2. The van der Waals surface area contributed by atoms with Crippen LogP contribution in [0.25, 0.3) is 11.3 Å². The average Bonchev–Trinajstić information content (AvgIpc) is 3.25. The van der Waals surface area contributed by atoms with E-state index in [1.165, 1.54) is 13.4 Å². The topological polar surface area (TPSA) is 166 Å². The quantitative estimate of drug-likeness (QED) is 0.186. The van der Waals surface area contributed by atoms with Gasteiger partial charge in [0.1, 0.15) is 12.4 Å². The number of esters is 1. The molecule has 1 aliphatic rings. The molecule has 41 heavy (non-hydrogen) atoms. The molecule has 0 radical (unpaired) electrons. The molecule has 0 unspecified atom stereocenters. The number of nitrogens with two attached hydrogens (primary N) is 1. The number of aryl methyl sites for hydroxylation is 1. The van der Waals surface area contributed by atoms with Crippen LogP contribution in [0.2, 0.25) is 0 Å². The predicted molar refractivity (Wildman–Crippen MR) is 152 cm³/mol. The second-order valence-electron chi connectivity index (χ2n) is 9.98. The number of amides is 1. The molecule has 0 spiro atoms. The van der Waals surface area contributed by atoms with E-state index in [4.69, 9.17) is 20.6 Å². The number of nitrogens with zero attached hydrogens (tertiary/aromatic N) is 3. The Kier molecular flexibility index (Phi) is 9.33. The van der Waals surface area contributed by atoms with Gasteiger partial charge in [-0.3, -0.25) is 15.0 Å². The fourth-order valence-electron chi connectivity index (χ4n) is 4.79. The SMILES string of the molecule is COC(=O)C[C@@H]1C[C@@H](COc2ccc(-c3ccc(C(=N)N)cc3)nn2)N(CCCc2ccc(S(C)(=O)=O)cc2)C1=O. The van der Waals surface area contributed by atoms with Gasteiger partial charge in [-0.1, -0.05) is 36.4 Å². The highest BCUT2D eigenvalue weighted by atomic mass is 32.2. The van der Waals surface area contributed by atoms with Crippen molar-refractivity contribution < 1.29 is 27.5 Å². The van der Waals surface area contributed by atoms with Crippen molar-refractivity contribution in [2.45, 2.75) is 36.6 Å². The third-order valence-corrected chi connectivity index (χ3v) is 8.17. The molecule has 3 N–H and O–H groups in total. The van der Waals surface area contributed by atoms with Crippen molar-refractivity contribution in [1.82, 2.24) is 15.1 Å². The fraction of sp³-hybridized carbons (Fsp3) is 0.345. The number of carbonyl (C=O) groups is 2. The number of ether oxygens (including phenoxy) is 2. The maximum Gasteiger partial charge on any atom is 0.306 e. The molecule has 2 atom stereocenters. The van der Waals surface area contributed by atoms with Crippen molar-refractivity contribution in [3.05, 3.63) is 71.8 Å². The first kappa shape index (κ1) is 29.7. The summed E-state index contributed by atoms with van der Waals surface area (Å²) in [5, 5.41) is 15.9. The van der Waals surface area contributed by atoms with Crippen LogP contribution < -0.4 is 10.5 Å². The molecule has 1 aliphatic heterocycles. The Morgan fingerprint density at radius 3 is 2.37 bits per heavy atom. The first-order valence-electron chi connectivity index (χ1n) is 13.1. The van der Waals surface area contributed by atoms with Crippen molar-refractivity contribution >= 4 is 27.5 Å². The Morgan fingerprint density at radius 1 is 1.07 bits per heavy atom. The molecule has 0 saturated carbocycles. The Hall–Kier alpha value is -4.32. The van der Waals surface area contributed by atoms with Crippen molar-refractivity contribution in [2.75, 3.05) is 26.5 Å². The molecule has 2 heterocycles. The van der Waals surface area contributed by atoms with E-state index in [0.29, 0.717) is 42.9 Å². The van der Waals surface area contributed by atoms with Crippen LogP contribution in [0.1, 0.15) is 30.4 Å². The van der Waals surface area contributed by atoms with Gasteiger partial charge in [0.25, 0.3) is 0 Å². The molecule has 216 valence electrons. The standard InChI is InChI=1S/C29H33N5O6S/c1-39-27(35)17-22-16-23(34(29(22)36)15-3-4-19-5-11-24(12-6-19)41(2,37)38)18-40-26-14-13-25(32-33-26)20-7-9-21(10-8-20)28(30)31/h5-14,22-23H,3-4,15-18H2,1-2H3,(H3,30,31)/t22-,23-/m0/s1. The van der Waals surface area contributed by atoms with Gasteiger partial charge in [0.2, 0.25) is 11.8 Å². The van der Waals surface area contributed by atoms with Crippen LogP contribution in [0.4, 0.5) is 0 Å². The molecule has 11 nitrogen and oxygen atoms in total. The zero-order chi connectivity index (χ0) is 29.6. The summed E-state index contributed by atoms with van der Waals surface area (Å²) >= 11 is 0. The molecule has 1 fully saturated rings. The number of sulfone groups is 1. The van der Waals surface area contributed by atoms with Crippen LogP contribution in [0.5, 0.6) is 5.88 Å². The number of hydrogen-bond donors (Lipinski definition) is 2. The minimum absolute atomic E-state index is 0.00616. The molecule has 1 amide bonds. The number of nitrogen functional groups attached to an aromatic ring is 1. The van der Waals surface area contributed by atoms with Gasteiger partial charge >= 0.3 is 5.97 Å². The highest BCUT2D eigenvalue weighted by Crippen LogP contribution is 2.29. The van der Waals surface area contributed by atoms with Crippen LogP contribution in [0, 0.1) is 11.3 Å². The molecule has 2 aromatic carbocycles. The second kappa shape index (κ2) is 12.9. The summed E-state index contributed by atoms with van der Waals surface area (Å²) < 4.78 is 34.1. The van der Waals surface area contributed by atoms with Crippen molar-refractivity contribution in [3.63, 3.8) is 0 Å². The molecular formula is C29H33N5O6S. The first-order chi connectivity index (χ1) is 19.5. The monoisotopic (exact) mass is 579 g/mol. The van der Waals surface area contributed by atoms with Crippen LogP contribution in [-0.2, 0) is 30.6 Å². The lowest BCUT2D eigenvalue weighted by Crippen LogP contribution is -2.38. The van der Waals surface area contributed by atoms with Gasteiger partial charge in [-0.2, -0.15) is 0 Å². The molecule has 1 saturated heterocycles. The van der Waals surface area contributed by atoms with E-state index in [1.54, 1.807) is 53.4 Å². The van der Waals surface area contributed by atoms with Gasteiger partial charge in [-0.05, 0) is 43.0 Å². The number of nitrogens with one attached hydrogen (secondary N) is 1. The van der Waals surface area contributed by atoms with Gasteiger partial charge in [-0.15, -0.1) is 10.2 Å². The zero-order valence-corrected chi connectivity index (χ0v) is 23.8. The lowest BCUT2D eigenvalue weighted by atomic mass is 10.0. The molecule has 0 bridgehead atoms. The largest absolute Gasteiger partial charge is 0.474 e. The highest BCUT2D eigenvalue weighted by Gasteiger charge is 2.40. The third-order valence-electron chi connectivity index (χ3n) is 7.04. The van der Waals surface area contributed by atoms with Crippen molar-refractivity contribution in [2.24, 2.45) is 11.7 Å². The van der Waals surface area contributed by atoms with E-state index in [2.05, 4.69) is 10.2 Å². The molecule has 3 aromatic rings. The number of carbonyl (C=O) groups excluding carboxylic acids is 2. The average molecular weight is 580 g/mol. The van der Waals surface area contributed by atoms with Crippen molar-refractivity contribution in [3.8, 4) is 17.1 Å². The molecular weight excluding hydrogens is 546 g/mol. The predicted octanol–water partition coefficient (Wildman–Crippen LogP) is 2.62. The van der Waals surface area contributed by atoms with E-state index in [9.17, 15) is 18.0 Å². The summed E-state index contributed by atoms with van der Waals surface area (Å²) in [6.07, 6.45) is 2.94. The second-order valence-corrected chi connectivity index (χ2v) is 12.0. The van der Waals surface area contributed by atoms with E-state index in [0.717, 1.165) is 11.1 Å². The Balaban J connectivity index is 1.38. The van der Waals surface area contributed by atoms with E-state index < -0.39 is 21.7 Å². The number of benzene rings is 2. The molecule has 4 rings (SSSR count). The maximum absolute atomic E-state index is 13.2. The van der Waals surface area contributed by atoms with Crippen LogP contribution in [0.15, 0.2) is 65.6 Å². The molecule has 1 aromatic heterocycles. The van der Waals surface area contributed by atoms with Gasteiger partial charge < -0.3 is 20.1 Å². The fourth-order valence-corrected chi connectivity index (χ4v) is 5.42. The van der Waals surface area contributed by atoms with Crippen LogP contribution in [-0.4, -0.2) is 73.8 Å². The number of aromatic nitrogens is 2. The third kappa shape index (κ3) is 7.66. The van der Waals surface area contributed by atoms with Gasteiger partial charge in [-0.25, -0.2) is 8.42 Å². The van der Waals surface area contributed by atoms with Crippen molar-refractivity contribution in [1.29, 1.82) is 5.41 Å². The lowest BCUT2D eigenvalue weighted by Gasteiger charge is -2.24.